The van der Waals surface area contributed by atoms with Crippen molar-refractivity contribution in [1.29, 1.82) is 0 Å². The monoisotopic (exact) mass is 428 g/mol. The summed E-state index contributed by atoms with van der Waals surface area (Å²) in [5.41, 5.74) is 5.17. The van der Waals surface area contributed by atoms with E-state index in [0.717, 1.165) is 30.0 Å². The SMILES string of the molecule is CCCCCn1nc(C(=O)NNC(=O)c2ccc3ccccc3c2)c2ccccc2c1=O. The average Bonchev–Trinajstić information content (AvgIpc) is 2.83. The van der Waals surface area contributed by atoms with Crippen LogP contribution in [0.5, 0.6) is 0 Å². The highest BCUT2D eigenvalue weighted by molar-refractivity contribution is 6.06. The standard InChI is InChI=1S/C25H24N4O3/c1-2-3-8-15-29-25(32)21-12-7-6-11-20(21)22(28-29)24(31)27-26-23(30)19-14-13-17-9-4-5-10-18(17)16-19/h4-7,9-14,16H,2-3,8,15H2,1H3,(H,26,30)(H,27,31). The Morgan fingerprint density at radius 3 is 2.31 bits per heavy atom. The van der Waals surface area contributed by atoms with Crippen LogP contribution in [0, 0.1) is 0 Å². The molecular weight excluding hydrogens is 404 g/mol. The van der Waals surface area contributed by atoms with E-state index in [-0.39, 0.29) is 11.3 Å². The van der Waals surface area contributed by atoms with Crippen molar-refractivity contribution in [2.45, 2.75) is 32.7 Å². The lowest BCUT2D eigenvalue weighted by molar-refractivity contribution is 0.0843. The molecule has 0 saturated carbocycles. The Hall–Kier alpha value is -4.00. The van der Waals surface area contributed by atoms with Gasteiger partial charge in [0.1, 0.15) is 0 Å². The van der Waals surface area contributed by atoms with Gasteiger partial charge in [0.15, 0.2) is 5.69 Å². The summed E-state index contributed by atoms with van der Waals surface area (Å²) in [5.74, 6) is -1.02. The Kier molecular flexibility index (Phi) is 6.26. The molecule has 7 nitrogen and oxygen atoms in total. The number of nitrogens with one attached hydrogen (secondary N) is 2. The van der Waals surface area contributed by atoms with Crippen molar-refractivity contribution in [3.8, 4) is 0 Å². The molecule has 4 rings (SSSR count). The first-order valence-electron chi connectivity index (χ1n) is 10.7. The topological polar surface area (TPSA) is 93.1 Å². The lowest BCUT2D eigenvalue weighted by Crippen LogP contribution is -2.42. The number of aromatic nitrogens is 2. The van der Waals surface area contributed by atoms with E-state index in [9.17, 15) is 14.4 Å². The van der Waals surface area contributed by atoms with Crippen LogP contribution in [0.4, 0.5) is 0 Å². The third-order valence-corrected chi connectivity index (χ3v) is 5.36. The number of rotatable bonds is 6. The van der Waals surface area contributed by atoms with Crippen LogP contribution in [-0.4, -0.2) is 21.6 Å². The first kappa shape index (κ1) is 21.2. The number of amides is 2. The molecule has 1 aromatic heterocycles. The van der Waals surface area contributed by atoms with E-state index >= 15 is 0 Å². The predicted molar refractivity (Wildman–Crippen MR) is 124 cm³/mol. The molecule has 0 aliphatic rings. The predicted octanol–water partition coefficient (Wildman–Crippen LogP) is 3.81. The molecule has 0 aliphatic carbocycles. The Balaban J connectivity index is 1.56. The van der Waals surface area contributed by atoms with Gasteiger partial charge in [-0.15, -0.1) is 0 Å². The smallest absolute Gasteiger partial charge is 0.267 e. The number of fused-ring (bicyclic) bond motifs is 2. The molecule has 0 fully saturated rings. The van der Waals surface area contributed by atoms with Crippen LogP contribution < -0.4 is 16.4 Å². The van der Waals surface area contributed by atoms with Gasteiger partial charge in [0.05, 0.1) is 5.39 Å². The number of carbonyl (C=O) groups excluding carboxylic acids is 2. The fourth-order valence-electron chi connectivity index (χ4n) is 3.64. The normalized spacial score (nSPS) is 10.9. The Morgan fingerprint density at radius 1 is 0.844 bits per heavy atom. The number of aryl methyl sites for hydroxylation is 1. The molecule has 0 saturated heterocycles. The zero-order chi connectivity index (χ0) is 22.5. The maximum absolute atomic E-state index is 12.9. The van der Waals surface area contributed by atoms with Gasteiger partial charge in [-0.1, -0.05) is 68.3 Å². The summed E-state index contributed by atoms with van der Waals surface area (Å²) in [4.78, 5) is 38.2. The number of unbranched alkanes of at least 4 members (excludes halogenated alkanes) is 2. The van der Waals surface area contributed by atoms with E-state index < -0.39 is 11.8 Å². The van der Waals surface area contributed by atoms with E-state index in [0.29, 0.717) is 22.9 Å². The summed E-state index contributed by atoms with van der Waals surface area (Å²) in [6.07, 6.45) is 2.77. The molecule has 0 unspecified atom stereocenters. The Morgan fingerprint density at radius 2 is 1.53 bits per heavy atom. The van der Waals surface area contributed by atoms with Gasteiger partial charge < -0.3 is 0 Å². The summed E-state index contributed by atoms with van der Waals surface area (Å²) in [6, 6.07) is 19.9. The first-order chi connectivity index (χ1) is 15.6. The van der Waals surface area contributed by atoms with E-state index in [4.69, 9.17) is 0 Å². The van der Waals surface area contributed by atoms with Crippen LogP contribution in [0.2, 0.25) is 0 Å². The van der Waals surface area contributed by atoms with Crippen LogP contribution in [0.1, 0.15) is 47.0 Å². The fraction of sp³-hybridized carbons (Fsp3) is 0.200. The summed E-state index contributed by atoms with van der Waals surface area (Å²) < 4.78 is 1.33. The zero-order valence-corrected chi connectivity index (χ0v) is 17.8. The molecule has 0 spiro atoms. The number of nitrogens with zero attached hydrogens (tertiary/aromatic N) is 2. The zero-order valence-electron chi connectivity index (χ0n) is 17.8. The van der Waals surface area contributed by atoms with Crippen molar-refractivity contribution < 1.29 is 9.59 Å². The van der Waals surface area contributed by atoms with Crippen molar-refractivity contribution in [1.82, 2.24) is 20.6 Å². The van der Waals surface area contributed by atoms with Crippen LogP contribution in [0.25, 0.3) is 21.5 Å². The van der Waals surface area contributed by atoms with Crippen molar-refractivity contribution in [3.05, 3.63) is 88.3 Å². The lowest BCUT2D eigenvalue weighted by atomic mass is 10.1. The Labute approximate surface area is 185 Å². The number of carbonyl (C=O) groups is 2. The third kappa shape index (κ3) is 4.37. The van der Waals surface area contributed by atoms with Gasteiger partial charge >= 0.3 is 0 Å². The van der Waals surface area contributed by atoms with Gasteiger partial charge in [-0.2, -0.15) is 5.10 Å². The van der Waals surface area contributed by atoms with Crippen LogP contribution in [0.15, 0.2) is 71.5 Å². The molecule has 0 aliphatic heterocycles. The summed E-state index contributed by atoms with van der Waals surface area (Å²) in [5, 5.41) is 7.12. The molecule has 7 heteroatoms. The van der Waals surface area contributed by atoms with E-state index in [1.54, 1.807) is 36.4 Å². The second-order valence-electron chi connectivity index (χ2n) is 7.60. The summed E-state index contributed by atoms with van der Waals surface area (Å²) in [6.45, 7) is 2.51. The van der Waals surface area contributed by atoms with E-state index in [1.165, 1.54) is 4.68 Å². The van der Waals surface area contributed by atoms with Gasteiger partial charge in [0.25, 0.3) is 17.4 Å². The van der Waals surface area contributed by atoms with Crippen molar-refractivity contribution in [3.63, 3.8) is 0 Å². The molecule has 4 aromatic rings. The van der Waals surface area contributed by atoms with Gasteiger partial charge in [-0.05, 0) is 35.4 Å². The lowest BCUT2D eigenvalue weighted by Gasteiger charge is -2.12. The summed E-state index contributed by atoms with van der Waals surface area (Å²) >= 11 is 0. The first-order valence-corrected chi connectivity index (χ1v) is 10.7. The maximum atomic E-state index is 12.9. The van der Waals surface area contributed by atoms with Gasteiger partial charge in [0, 0.05) is 17.5 Å². The summed E-state index contributed by atoms with van der Waals surface area (Å²) in [7, 11) is 0. The number of hydrogen-bond donors (Lipinski definition) is 2. The molecule has 0 atom stereocenters. The van der Waals surface area contributed by atoms with Gasteiger partial charge in [-0.25, -0.2) is 4.68 Å². The maximum Gasteiger partial charge on any atom is 0.290 e. The Bertz CT molecular complexity index is 1360. The number of benzene rings is 3. The third-order valence-electron chi connectivity index (χ3n) is 5.36. The van der Waals surface area contributed by atoms with Crippen LogP contribution >= 0.6 is 0 Å². The average molecular weight is 428 g/mol. The van der Waals surface area contributed by atoms with E-state index in [1.807, 2.05) is 30.3 Å². The van der Waals surface area contributed by atoms with Gasteiger partial charge in [-0.3, -0.25) is 25.2 Å². The van der Waals surface area contributed by atoms with E-state index in [2.05, 4.69) is 22.9 Å². The van der Waals surface area contributed by atoms with Gasteiger partial charge in [0.2, 0.25) is 0 Å². The van der Waals surface area contributed by atoms with Crippen LogP contribution in [0.3, 0.4) is 0 Å². The molecule has 162 valence electrons. The van der Waals surface area contributed by atoms with Crippen molar-refractivity contribution in [2.24, 2.45) is 0 Å². The minimum absolute atomic E-state index is 0.0931. The molecule has 0 bridgehead atoms. The molecule has 32 heavy (non-hydrogen) atoms. The quantitative estimate of drug-likeness (QED) is 0.361. The molecule has 2 N–H and O–H groups in total. The second-order valence-corrected chi connectivity index (χ2v) is 7.60. The minimum atomic E-state index is -0.584. The molecule has 2 amide bonds. The fourth-order valence-corrected chi connectivity index (χ4v) is 3.64. The minimum Gasteiger partial charge on any atom is -0.267 e. The number of hydrazine groups is 1. The van der Waals surface area contributed by atoms with Crippen molar-refractivity contribution >= 4 is 33.4 Å². The molecule has 1 heterocycles. The molecule has 0 radical (unpaired) electrons. The number of hydrogen-bond acceptors (Lipinski definition) is 4. The van der Waals surface area contributed by atoms with Crippen LogP contribution in [-0.2, 0) is 6.54 Å². The molecular formula is C25H24N4O3. The largest absolute Gasteiger partial charge is 0.290 e. The molecule has 3 aromatic carbocycles. The second kappa shape index (κ2) is 9.43. The highest BCUT2D eigenvalue weighted by Crippen LogP contribution is 2.16. The highest BCUT2D eigenvalue weighted by Gasteiger charge is 2.17. The van der Waals surface area contributed by atoms with Crippen molar-refractivity contribution in [2.75, 3.05) is 0 Å². The highest BCUT2D eigenvalue weighted by atomic mass is 16.2.